The van der Waals surface area contributed by atoms with E-state index in [0.29, 0.717) is 5.92 Å². The van der Waals surface area contributed by atoms with E-state index in [-0.39, 0.29) is 5.82 Å². The Bertz CT molecular complexity index is 992. The molecule has 0 radical (unpaired) electrons. The summed E-state index contributed by atoms with van der Waals surface area (Å²) in [5, 5.41) is 3.66. The number of para-hydroxylation sites is 1. The Balaban J connectivity index is 1.61. The lowest BCUT2D eigenvalue weighted by atomic mass is 9.89. The highest BCUT2D eigenvalue weighted by atomic mass is 19.1. The van der Waals surface area contributed by atoms with Crippen LogP contribution in [0.4, 0.5) is 10.1 Å². The minimum atomic E-state index is -0.200. The maximum Gasteiger partial charge on any atom is 0.123 e. The fraction of sp³-hybridized carbons (Fsp3) is 0.167. The van der Waals surface area contributed by atoms with Gasteiger partial charge >= 0.3 is 0 Å². The van der Waals surface area contributed by atoms with Gasteiger partial charge in [-0.1, -0.05) is 48.5 Å². The van der Waals surface area contributed by atoms with Gasteiger partial charge in [0.2, 0.25) is 0 Å². The van der Waals surface area contributed by atoms with Gasteiger partial charge in [0.25, 0.3) is 0 Å². The second-order valence-electron chi connectivity index (χ2n) is 7.23. The van der Waals surface area contributed by atoms with E-state index in [9.17, 15) is 4.39 Å². The molecule has 0 aromatic heterocycles. The van der Waals surface area contributed by atoms with E-state index in [1.54, 1.807) is 12.1 Å². The van der Waals surface area contributed by atoms with Crippen molar-refractivity contribution in [3.8, 4) is 0 Å². The van der Waals surface area contributed by atoms with Crippen molar-refractivity contribution in [3.05, 3.63) is 107 Å². The molecule has 0 bridgehead atoms. The summed E-state index contributed by atoms with van der Waals surface area (Å²) in [6, 6.07) is 26.0. The monoisotopic (exact) mass is 356 g/mol. The Morgan fingerprint density at radius 1 is 0.889 bits per heavy atom. The minimum absolute atomic E-state index is 0.200. The first-order valence-electron chi connectivity index (χ1n) is 9.44. The summed E-state index contributed by atoms with van der Waals surface area (Å²) >= 11 is 0. The zero-order chi connectivity index (χ0) is 18.2. The summed E-state index contributed by atoms with van der Waals surface area (Å²) in [6.07, 6.45) is 1.08. The van der Waals surface area contributed by atoms with Crippen LogP contribution in [0.1, 0.15) is 29.0 Å². The minimum Gasteiger partial charge on any atom is -0.365 e. The molecule has 2 aliphatic rings. The number of halogens is 1. The maximum atomic E-state index is 13.5. The molecular weight excluding hydrogens is 335 g/mol. The van der Waals surface area contributed by atoms with Gasteiger partial charge in [0, 0.05) is 30.4 Å². The average molecular weight is 356 g/mol. The Labute approximate surface area is 159 Å². The van der Waals surface area contributed by atoms with Crippen molar-refractivity contribution >= 4 is 11.4 Å². The van der Waals surface area contributed by atoms with Gasteiger partial charge in [-0.3, -0.25) is 0 Å². The van der Waals surface area contributed by atoms with Crippen molar-refractivity contribution in [2.45, 2.75) is 18.9 Å². The van der Waals surface area contributed by atoms with Crippen LogP contribution in [0.5, 0.6) is 0 Å². The largest absolute Gasteiger partial charge is 0.365 e. The highest BCUT2D eigenvalue weighted by Crippen LogP contribution is 2.47. The van der Waals surface area contributed by atoms with Crippen LogP contribution in [0, 0.1) is 5.82 Å². The van der Waals surface area contributed by atoms with Gasteiger partial charge in [0.05, 0.1) is 5.70 Å². The number of nitrogens with one attached hydrogen (secondary N) is 1. The van der Waals surface area contributed by atoms with Gasteiger partial charge in [-0.2, -0.15) is 0 Å². The molecule has 1 atom stereocenters. The first-order chi connectivity index (χ1) is 13.3. The molecule has 0 saturated carbocycles. The third kappa shape index (κ3) is 2.89. The van der Waals surface area contributed by atoms with Crippen LogP contribution in [0.2, 0.25) is 0 Å². The lowest BCUT2D eigenvalue weighted by Gasteiger charge is -2.36. The molecule has 134 valence electrons. The third-order valence-electron chi connectivity index (χ3n) is 5.55. The number of benzene rings is 3. The van der Waals surface area contributed by atoms with Gasteiger partial charge in [-0.05, 0) is 53.4 Å². The van der Waals surface area contributed by atoms with E-state index in [1.165, 1.54) is 28.2 Å². The lowest BCUT2D eigenvalue weighted by molar-refractivity contribution is 0.354. The standard InChI is InChI=1S/C24H21FN2/c25-19-12-10-18(11-13-19)24-23-21(20-8-4-5-9-22(20)26-23)14-15-27(24)16-17-6-2-1-3-7-17/h1-13,21,26H,14-16H2. The number of rotatable bonds is 3. The normalized spacial score (nSPS) is 18.1. The summed E-state index contributed by atoms with van der Waals surface area (Å²) in [5.74, 6) is 0.183. The molecule has 2 nitrogen and oxygen atoms in total. The molecule has 5 rings (SSSR count). The summed E-state index contributed by atoms with van der Waals surface area (Å²) in [6.45, 7) is 1.83. The summed E-state index contributed by atoms with van der Waals surface area (Å²) in [5.41, 5.74) is 7.33. The molecule has 3 aromatic rings. The van der Waals surface area contributed by atoms with Gasteiger partial charge in [-0.15, -0.1) is 0 Å². The third-order valence-corrected chi connectivity index (χ3v) is 5.55. The summed E-state index contributed by atoms with van der Waals surface area (Å²) in [7, 11) is 0. The highest BCUT2D eigenvalue weighted by Gasteiger charge is 2.35. The van der Waals surface area contributed by atoms with Gasteiger partial charge in [0.15, 0.2) is 0 Å². The quantitative estimate of drug-likeness (QED) is 0.656. The number of nitrogens with zero attached hydrogens (tertiary/aromatic N) is 1. The molecule has 0 aliphatic carbocycles. The van der Waals surface area contributed by atoms with Crippen molar-refractivity contribution in [2.75, 3.05) is 11.9 Å². The fourth-order valence-electron chi connectivity index (χ4n) is 4.30. The second kappa shape index (κ2) is 6.58. The van der Waals surface area contributed by atoms with Crippen LogP contribution < -0.4 is 5.32 Å². The first-order valence-corrected chi connectivity index (χ1v) is 9.44. The van der Waals surface area contributed by atoms with Crippen LogP contribution in [-0.2, 0) is 6.54 Å². The van der Waals surface area contributed by atoms with E-state index in [0.717, 1.165) is 25.1 Å². The molecule has 1 N–H and O–H groups in total. The van der Waals surface area contributed by atoms with Crippen LogP contribution in [0.3, 0.4) is 0 Å². The summed E-state index contributed by atoms with van der Waals surface area (Å²) < 4.78 is 13.5. The number of anilines is 1. The molecule has 3 heteroatoms. The zero-order valence-electron chi connectivity index (χ0n) is 15.0. The average Bonchev–Trinajstić information content (AvgIpc) is 3.08. The molecule has 0 fully saturated rings. The van der Waals surface area contributed by atoms with Crippen molar-refractivity contribution in [3.63, 3.8) is 0 Å². The zero-order valence-corrected chi connectivity index (χ0v) is 15.0. The molecule has 1 unspecified atom stereocenters. The Morgan fingerprint density at radius 3 is 2.44 bits per heavy atom. The molecule has 2 aliphatic heterocycles. The molecule has 3 aromatic carbocycles. The molecule has 0 amide bonds. The molecule has 2 heterocycles. The summed E-state index contributed by atoms with van der Waals surface area (Å²) in [4.78, 5) is 2.42. The second-order valence-corrected chi connectivity index (χ2v) is 7.23. The number of fused-ring (bicyclic) bond motifs is 3. The molecule has 27 heavy (non-hydrogen) atoms. The Kier molecular flexibility index (Phi) is 3.93. The maximum absolute atomic E-state index is 13.5. The fourth-order valence-corrected chi connectivity index (χ4v) is 4.30. The first kappa shape index (κ1) is 16.1. The van der Waals surface area contributed by atoms with Crippen LogP contribution in [0.15, 0.2) is 84.6 Å². The Morgan fingerprint density at radius 2 is 1.63 bits per heavy atom. The van der Waals surface area contributed by atoms with Crippen LogP contribution in [-0.4, -0.2) is 11.4 Å². The van der Waals surface area contributed by atoms with Crippen molar-refractivity contribution < 1.29 is 4.39 Å². The van der Waals surface area contributed by atoms with E-state index in [4.69, 9.17) is 0 Å². The van der Waals surface area contributed by atoms with E-state index in [2.05, 4.69) is 58.7 Å². The SMILES string of the molecule is Fc1ccc(C2=C3Nc4ccccc4C3CCN2Cc2ccccc2)cc1. The van der Waals surface area contributed by atoms with Gasteiger partial charge in [0.1, 0.15) is 5.82 Å². The van der Waals surface area contributed by atoms with E-state index < -0.39 is 0 Å². The van der Waals surface area contributed by atoms with E-state index in [1.807, 2.05) is 18.2 Å². The lowest BCUT2D eigenvalue weighted by Crippen LogP contribution is -2.31. The van der Waals surface area contributed by atoms with E-state index >= 15 is 0 Å². The Hall–Kier alpha value is -3.07. The highest BCUT2D eigenvalue weighted by molar-refractivity contribution is 5.79. The topological polar surface area (TPSA) is 15.3 Å². The van der Waals surface area contributed by atoms with Crippen molar-refractivity contribution in [1.29, 1.82) is 0 Å². The van der Waals surface area contributed by atoms with Gasteiger partial charge in [-0.25, -0.2) is 4.39 Å². The van der Waals surface area contributed by atoms with Gasteiger partial charge < -0.3 is 10.2 Å². The van der Waals surface area contributed by atoms with Crippen LogP contribution >= 0.6 is 0 Å². The number of allylic oxidation sites excluding steroid dienone is 1. The number of hydrogen-bond acceptors (Lipinski definition) is 2. The molecule has 0 saturated heterocycles. The smallest absolute Gasteiger partial charge is 0.123 e. The van der Waals surface area contributed by atoms with Crippen molar-refractivity contribution in [1.82, 2.24) is 4.90 Å². The molecular formula is C24H21FN2. The predicted octanol–water partition coefficient (Wildman–Crippen LogP) is 5.61. The molecule has 0 spiro atoms. The van der Waals surface area contributed by atoms with Crippen molar-refractivity contribution in [2.24, 2.45) is 0 Å². The number of hydrogen-bond donors (Lipinski definition) is 1. The van der Waals surface area contributed by atoms with Crippen LogP contribution in [0.25, 0.3) is 5.70 Å². The predicted molar refractivity (Wildman–Crippen MR) is 108 cm³/mol.